The molecule has 3 rings (SSSR count). The van der Waals surface area contributed by atoms with Crippen molar-refractivity contribution in [2.24, 2.45) is 5.16 Å². The highest BCUT2D eigenvalue weighted by Gasteiger charge is 2.29. The topological polar surface area (TPSA) is 84.4 Å². The molecule has 2 aromatic rings. The van der Waals surface area contributed by atoms with Gasteiger partial charge >= 0.3 is 0 Å². The van der Waals surface area contributed by atoms with Crippen LogP contribution in [0.4, 0.5) is 5.95 Å². The van der Waals surface area contributed by atoms with Crippen molar-refractivity contribution in [2.45, 2.75) is 32.1 Å². The Morgan fingerprint density at radius 3 is 2.67 bits per heavy atom. The molecule has 1 aliphatic rings. The lowest BCUT2D eigenvalue weighted by molar-refractivity contribution is 0.316. The van der Waals surface area contributed by atoms with Gasteiger partial charge in [-0.1, -0.05) is 42.4 Å². The molecule has 1 aromatic carbocycles. The van der Waals surface area contributed by atoms with Crippen molar-refractivity contribution in [3.63, 3.8) is 0 Å². The average molecular weight is 282 g/mol. The van der Waals surface area contributed by atoms with Crippen LogP contribution in [0.25, 0.3) is 0 Å². The Hall–Kier alpha value is -2.43. The summed E-state index contributed by atoms with van der Waals surface area (Å²) in [5.41, 5.74) is 10.3. The van der Waals surface area contributed by atoms with E-state index in [0.717, 1.165) is 29.8 Å². The zero-order valence-electron chi connectivity index (χ0n) is 12.0. The minimum atomic E-state index is 0.253. The van der Waals surface area contributed by atoms with E-state index in [2.05, 4.69) is 27.3 Å². The normalized spacial score (nSPS) is 19.5. The first-order valence-electron chi connectivity index (χ1n) is 7.14. The Labute approximate surface area is 123 Å². The van der Waals surface area contributed by atoms with E-state index in [9.17, 15) is 5.21 Å². The van der Waals surface area contributed by atoms with Gasteiger partial charge in [-0.25, -0.2) is 9.97 Å². The second-order valence-electron chi connectivity index (χ2n) is 5.27. The maximum absolute atomic E-state index is 9.39. The lowest BCUT2D eigenvalue weighted by Crippen LogP contribution is -2.24. The van der Waals surface area contributed by atoms with Gasteiger partial charge in [0.1, 0.15) is 0 Å². The molecule has 3 N–H and O–H groups in total. The molecule has 0 bridgehead atoms. The lowest BCUT2D eigenvalue weighted by Gasteiger charge is -2.26. The molecule has 0 radical (unpaired) electrons. The summed E-state index contributed by atoms with van der Waals surface area (Å²) < 4.78 is 0. The fraction of sp³-hybridized carbons (Fsp3) is 0.312. The van der Waals surface area contributed by atoms with Crippen LogP contribution in [0.3, 0.4) is 0 Å². The number of anilines is 1. The molecule has 1 atom stereocenters. The maximum Gasteiger partial charge on any atom is 0.220 e. The van der Waals surface area contributed by atoms with E-state index < -0.39 is 0 Å². The molecule has 1 unspecified atom stereocenters. The quantitative estimate of drug-likeness (QED) is 0.655. The van der Waals surface area contributed by atoms with Crippen molar-refractivity contribution in [1.82, 2.24) is 9.97 Å². The van der Waals surface area contributed by atoms with Crippen molar-refractivity contribution >= 4 is 11.7 Å². The van der Waals surface area contributed by atoms with Crippen LogP contribution in [0, 0.1) is 0 Å². The molecule has 108 valence electrons. The summed E-state index contributed by atoms with van der Waals surface area (Å²) in [5.74, 6) is 0.542. The number of aryl methyl sites for hydroxylation is 1. The fourth-order valence-electron chi connectivity index (χ4n) is 3.01. The molecule has 5 nitrogen and oxygen atoms in total. The van der Waals surface area contributed by atoms with Crippen LogP contribution in [-0.4, -0.2) is 20.9 Å². The van der Waals surface area contributed by atoms with Gasteiger partial charge in [0.05, 0.1) is 17.1 Å². The summed E-state index contributed by atoms with van der Waals surface area (Å²) >= 11 is 0. The molecule has 1 aliphatic carbocycles. The van der Waals surface area contributed by atoms with E-state index in [1.807, 2.05) is 25.1 Å². The molecule has 5 heteroatoms. The van der Waals surface area contributed by atoms with Crippen molar-refractivity contribution in [2.75, 3.05) is 5.73 Å². The summed E-state index contributed by atoms with van der Waals surface area (Å²) in [5, 5.41) is 12.9. The fourth-order valence-corrected chi connectivity index (χ4v) is 3.01. The van der Waals surface area contributed by atoms with Crippen LogP contribution < -0.4 is 5.73 Å². The Balaban J connectivity index is 2.08. The van der Waals surface area contributed by atoms with Gasteiger partial charge in [-0.15, -0.1) is 0 Å². The van der Waals surface area contributed by atoms with Gasteiger partial charge in [0.25, 0.3) is 0 Å². The highest BCUT2D eigenvalue weighted by atomic mass is 16.4. The molecule has 0 amide bonds. The standard InChI is InChI=1S/C16H18N4O/c1-2-12-15-13(19-16(17)18-12)8-11(9-14(15)20-21)10-6-4-3-5-7-10/h3-7,11,21H,2,8-9H2,1H3,(H2,17,18,19). The van der Waals surface area contributed by atoms with Gasteiger partial charge < -0.3 is 10.9 Å². The first-order chi connectivity index (χ1) is 10.2. The minimum absolute atomic E-state index is 0.253. The second-order valence-corrected chi connectivity index (χ2v) is 5.27. The van der Waals surface area contributed by atoms with Crippen molar-refractivity contribution < 1.29 is 5.21 Å². The second kappa shape index (κ2) is 5.52. The Morgan fingerprint density at radius 1 is 1.24 bits per heavy atom. The molecule has 1 heterocycles. The van der Waals surface area contributed by atoms with Crippen LogP contribution >= 0.6 is 0 Å². The van der Waals surface area contributed by atoms with Gasteiger partial charge in [0.2, 0.25) is 5.95 Å². The van der Waals surface area contributed by atoms with Gasteiger partial charge in [0.15, 0.2) is 0 Å². The average Bonchev–Trinajstić information content (AvgIpc) is 2.53. The number of fused-ring (bicyclic) bond motifs is 1. The number of aromatic nitrogens is 2. The lowest BCUT2D eigenvalue weighted by atomic mass is 9.80. The summed E-state index contributed by atoms with van der Waals surface area (Å²) in [6, 6.07) is 10.2. The van der Waals surface area contributed by atoms with E-state index in [0.29, 0.717) is 12.1 Å². The molecule has 21 heavy (non-hydrogen) atoms. The van der Waals surface area contributed by atoms with Crippen molar-refractivity contribution in [3.8, 4) is 0 Å². The number of benzene rings is 1. The highest BCUT2D eigenvalue weighted by molar-refractivity contribution is 6.03. The molecule has 0 spiro atoms. The van der Waals surface area contributed by atoms with Crippen molar-refractivity contribution in [3.05, 3.63) is 52.8 Å². The Bertz CT molecular complexity index is 682. The van der Waals surface area contributed by atoms with E-state index in [1.54, 1.807) is 0 Å². The number of nitrogen functional groups attached to an aromatic ring is 1. The van der Waals surface area contributed by atoms with Gasteiger partial charge in [-0.3, -0.25) is 0 Å². The largest absolute Gasteiger partial charge is 0.411 e. The molecular formula is C16H18N4O. The molecule has 0 saturated carbocycles. The molecular weight excluding hydrogens is 264 g/mol. The van der Waals surface area contributed by atoms with Gasteiger partial charge in [-0.05, 0) is 24.3 Å². The van der Waals surface area contributed by atoms with Crippen LogP contribution in [0.5, 0.6) is 0 Å². The monoisotopic (exact) mass is 282 g/mol. The Morgan fingerprint density at radius 2 is 2.00 bits per heavy atom. The molecule has 1 aromatic heterocycles. The smallest absolute Gasteiger partial charge is 0.220 e. The number of hydrogen-bond donors (Lipinski definition) is 2. The predicted molar refractivity (Wildman–Crippen MR) is 81.6 cm³/mol. The van der Waals surface area contributed by atoms with Crippen LogP contribution in [0.15, 0.2) is 35.5 Å². The highest BCUT2D eigenvalue weighted by Crippen LogP contribution is 2.33. The third-order valence-corrected chi connectivity index (χ3v) is 3.97. The molecule has 0 saturated heterocycles. The third-order valence-electron chi connectivity index (χ3n) is 3.97. The number of nitrogens with zero attached hydrogens (tertiary/aromatic N) is 3. The first kappa shape index (κ1) is 13.5. The summed E-state index contributed by atoms with van der Waals surface area (Å²) in [6.07, 6.45) is 2.22. The third kappa shape index (κ3) is 2.46. The number of nitrogens with two attached hydrogens (primary N) is 1. The number of oxime groups is 1. The van der Waals surface area contributed by atoms with E-state index in [4.69, 9.17) is 5.73 Å². The van der Waals surface area contributed by atoms with Crippen LogP contribution in [0.2, 0.25) is 0 Å². The zero-order valence-corrected chi connectivity index (χ0v) is 12.0. The van der Waals surface area contributed by atoms with Crippen LogP contribution in [0.1, 0.15) is 41.8 Å². The maximum atomic E-state index is 9.39. The molecule has 0 fully saturated rings. The van der Waals surface area contributed by atoms with Gasteiger partial charge in [0, 0.05) is 12.0 Å². The van der Waals surface area contributed by atoms with E-state index in [-0.39, 0.29) is 11.9 Å². The van der Waals surface area contributed by atoms with Gasteiger partial charge in [-0.2, -0.15) is 0 Å². The number of rotatable bonds is 2. The summed E-state index contributed by atoms with van der Waals surface area (Å²) in [7, 11) is 0. The minimum Gasteiger partial charge on any atom is -0.411 e. The van der Waals surface area contributed by atoms with Crippen molar-refractivity contribution in [1.29, 1.82) is 0 Å². The van der Waals surface area contributed by atoms with E-state index >= 15 is 0 Å². The predicted octanol–water partition coefficient (Wildman–Crippen LogP) is 2.53. The SMILES string of the molecule is CCc1nc(N)nc2c1C(=NO)CC(c1ccccc1)C2. The number of hydrogen-bond acceptors (Lipinski definition) is 5. The van der Waals surface area contributed by atoms with E-state index in [1.165, 1.54) is 5.56 Å². The molecule has 0 aliphatic heterocycles. The first-order valence-corrected chi connectivity index (χ1v) is 7.14. The Kier molecular flexibility index (Phi) is 3.56. The zero-order chi connectivity index (χ0) is 14.8. The summed E-state index contributed by atoms with van der Waals surface area (Å²) in [4.78, 5) is 8.65. The van der Waals surface area contributed by atoms with Crippen LogP contribution in [-0.2, 0) is 12.8 Å². The summed E-state index contributed by atoms with van der Waals surface area (Å²) in [6.45, 7) is 2.01.